The van der Waals surface area contributed by atoms with Crippen LogP contribution in [0.5, 0.6) is 11.5 Å². The highest BCUT2D eigenvalue weighted by molar-refractivity contribution is 5.72. The van der Waals surface area contributed by atoms with Crippen LogP contribution in [0.3, 0.4) is 0 Å². The minimum Gasteiger partial charge on any atom is -0.488 e. The Bertz CT molecular complexity index is 1080. The number of aromatic nitrogens is 1. The molecule has 0 unspecified atom stereocenters. The molecule has 166 valence electrons. The number of nitriles is 1. The summed E-state index contributed by atoms with van der Waals surface area (Å²) in [6, 6.07) is 12.0. The van der Waals surface area contributed by atoms with Crippen LogP contribution < -0.4 is 9.47 Å². The number of likely N-dealkylation sites (tertiary alicyclic amines) is 1. The predicted octanol–water partition coefficient (Wildman–Crippen LogP) is 4.17. The number of hydrogen-bond donors (Lipinski definition) is 0. The summed E-state index contributed by atoms with van der Waals surface area (Å²) in [5, 5.41) is 9.36. The van der Waals surface area contributed by atoms with Crippen molar-refractivity contribution in [2.24, 2.45) is 5.92 Å². The van der Waals surface area contributed by atoms with Crippen LogP contribution in [-0.2, 0) is 17.8 Å². The normalized spacial score (nSPS) is 16.3. The van der Waals surface area contributed by atoms with Crippen LogP contribution >= 0.6 is 0 Å². The molecule has 1 aromatic heterocycles. The van der Waals surface area contributed by atoms with E-state index in [0.717, 1.165) is 44.5 Å². The largest absolute Gasteiger partial charge is 0.488 e. The number of fused-ring (bicyclic) bond motifs is 1. The predicted molar refractivity (Wildman–Crippen MR) is 122 cm³/mol. The molecule has 2 aliphatic rings. The average molecular weight is 432 g/mol. The molecule has 0 radical (unpaired) electrons. The van der Waals surface area contributed by atoms with Gasteiger partial charge in [-0.15, -0.1) is 0 Å². The lowest BCUT2D eigenvalue weighted by Crippen LogP contribution is -2.48. The van der Waals surface area contributed by atoms with Crippen molar-refractivity contribution in [2.45, 2.75) is 46.3 Å². The van der Waals surface area contributed by atoms with Gasteiger partial charge in [0, 0.05) is 25.6 Å². The molecule has 0 saturated carbocycles. The molecular formula is C26H29N3O3. The minimum absolute atomic E-state index is 0.0151. The second-order valence-corrected chi connectivity index (χ2v) is 8.85. The first-order valence-corrected chi connectivity index (χ1v) is 11.2. The smallest absolute Gasteiger partial charge is 0.183 e. The Labute approximate surface area is 189 Å². The molecule has 0 bridgehead atoms. The molecule has 0 N–H and O–H groups in total. The number of aldehydes is 1. The number of nitrogens with zero attached hydrogens (tertiary/aromatic N) is 3. The highest BCUT2D eigenvalue weighted by Crippen LogP contribution is 2.34. The van der Waals surface area contributed by atoms with E-state index in [-0.39, 0.29) is 17.7 Å². The molecule has 1 aliphatic carbocycles. The number of aryl methyl sites for hydroxylation is 1. The van der Waals surface area contributed by atoms with E-state index in [9.17, 15) is 10.1 Å². The van der Waals surface area contributed by atoms with Crippen molar-refractivity contribution in [3.63, 3.8) is 0 Å². The Morgan fingerprint density at radius 1 is 1.25 bits per heavy atom. The Hall–Kier alpha value is -3.17. The quantitative estimate of drug-likeness (QED) is 0.584. The highest BCUT2D eigenvalue weighted by atomic mass is 16.5. The summed E-state index contributed by atoms with van der Waals surface area (Å²) in [7, 11) is 0. The van der Waals surface area contributed by atoms with Gasteiger partial charge in [-0.05, 0) is 74.6 Å². The standard InChI is InChI=1S/C26H29N3O3/c1-17(2)32-26-9-6-22(28-25(26)11-27)16-31-23-7-8-24-18(3)21(5-4-20(24)10-23)14-29-12-19(13-29)15-30/h6-10,15,17,19H,4-5,12-14,16H2,1-3H3. The van der Waals surface area contributed by atoms with Gasteiger partial charge in [0.05, 0.1) is 11.8 Å². The molecule has 6 nitrogen and oxygen atoms in total. The van der Waals surface area contributed by atoms with Gasteiger partial charge in [-0.2, -0.15) is 5.26 Å². The van der Waals surface area contributed by atoms with E-state index in [1.165, 1.54) is 22.3 Å². The van der Waals surface area contributed by atoms with Gasteiger partial charge in [-0.1, -0.05) is 11.6 Å². The second-order valence-electron chi connectivity index (χ2n) is 8.85. The van der Waals surface area contributed by atoms with Crippen LogP contribution in [0.2, 0.25) is 0 Å². The van der Waals surface area contributed by atoms with E-state index in [1.54, 1.807) is 6.07 Å². The van der Waals surface area contributed by atoms with Crippen LogP contribution in [-0.4, -0.2) is 41.9 Å². The van der Waals surface area contributed by atoms with E-state index < -0.39 is 0 Å². The van der Waals surface area contributed by atoms with Crippen LogP contribution in [0.1, 0.15) is 49.7 Å². The lowest BCUT2D eigenvalue weighted by atomic mass is 9.85. The number of carbonyl (C=O) groups is 1. The Morgan fingerprint density at radius 3 is 2.78 bits per heavy atom. The van der Waals surface area contributed by atoms with E-state index in [1.807, 2.05) is 26.0 Å². The molecule has 4 rings (SSSR count). The summed E-state index contributed by atoms with van der Waals surface area (Å²) in [5.74, 6) is 1.52. The van der Waals surface area contributed by atoms with Gasteiger partial charge in [0.1, 0.15) is 24.7 Å². The minimum atomic E-state index is -0.0151. The fourth-order valence-electron chi connectivity index (χ4n) is 4.34. The van der Waals surface area contributed by atoms with Crippen molar-refractivity contribution in [3.05, 3.63) is 58.4 Å². The van der Waals surface area contributed by atoms with Crippen molar-refractivity contribution in [2.75, 3.05) is 19.6 Å². The molecule has 1 fully saturated rings. The van der Waals surface area contributed by atoms with Gasteiger partial charge in [0.2, 0.25) is 0 Å². The third-order valence-corrected chi connectivity index (χ3v) is 6.07. The van der Waals surface area contributed by atoms with Crippen LogP contribution in [0.4, 0.5) is 0 Å². The maximum absolute atomic E-state index is 10.8. The van der Waals surface area contributed by atoms with Gasteiger partial charge in [-0.3, -0.25) is 4.90 Å². The zero-order chi connectivity index (χ0) is 22.7. The van der Waals surface area contributed by atoms with Gasteiger partial charge in [0.15, 0.2) is 11.4 Å². The average Bonchev–Trinajstić information content (AvgIpc) is 2.76. The second kappa shape index (κ2) is 9.54. The Balaban J connectivity index is 1.41. The molecule has 2 heterocycles. The van der Waals surface area contributed by atoms with Crippen molar-refractivity contribution in [1.82, 2.24) is 9.88 Å². The molecule has 1 aliphatic heterocycles. The first-order chi connectivity index (χ1) is 15.5. The first-order valence-electron chi connectivity index (χ1n) is 11.2. The molecule has 1 saturated heterocycles. The summed E-state index contributed by atoms with van der Waals surface area (Å²) in [5.41, 5.74) is 6.36. The number of pyridine rings is 1. The molecule has 0 spiro atoms. The number of hydrogen-bond acceptors (Lipinski definition) is 6. The number of benzene rings is 1. The maximum Gasteiger partial charge on any atom is 0.183 e. The van der Waals surface area contributed by atoms with E-state index in [4.69, 9.17) is 9.47 Å². The third kappa shape index (κ3) is 4.84. The molecule has 2 aromatic rings. The molecular weight excluding hydrogens is 402 g/mol. The molecule has 0 atom stereocenters. The fourth-order valence-corrected chi connectivity index (χ4v) is 4.34. The van der Waals surface area contributed by atoms with E-state index in [2.05, 4.69) is 35.0 Å². The first kappa shape index (κ1) is 22.0. The maximum atomic E-state index is 10.8. The van der Waals surface area contributed by atoms with Crippen molar-refractivity contribution >= 4 is 11.9 Å². The zero-order valence-corrected chi connectivity index (χ0v) is 18.9. The molecule has 32 heavy (non-hydrogen) atoms. The summed E-state index contributed by atoms with van der Waals surface area (Å²) >= 11 is 0. The highest BCUT2D eigenvalue weighted by Gasteiger charge is 2.28. The van der Waals surface area contributed by atoms with Crippen molar-refractivity contribution < 1.29 is 14.3 Å². The van der Waals surface area contributed by atoms with Crippen LogP contribution in [0.25, 0.3) is 5.57 Å². The SMILES string of the molecule is CC1=C(CN2CC(C=O)C2)CCc2cc(OCc3ccc(OC(C)C)c(C#N)n3)ccc21. The van der Waals surface area contributed by atoms with E-state index in [0.29, 0.717) is 18.1 Å². The third-order valence-electron chi connectivity index (χ3n) is 6.07. The number of rotatable bonds is 8. The number of allylic oxidation sites excluding steroid dienone is 1. The molecule has 1 aromatic carbocycles. The van der Waals surface area contributed by atoms with E-state index >= 15 is 0 Å². The summed E-state index contributed by atoms with van der Waals surface area (Å²) in [6.45, 7) is 9.04. The van der Waals surface area contributed by atoms with Crippen LogP contribution in [0, 0.1) is 17.2 Å². The van der Waals surface area contributed by atoms with Gasteiger partial charge in [-0.25, -0.2) is 4.98 Å². The van der Waals surface area contributed by atoms with Gasteiger partial charge < -0.3 is 14.3 Å². The van der Waals surface area contributed by atoms with Crippen molar-refractivity contribution in [3.8, 4) is 17.6 Å². The van der Waals surface area contributed by atoms with Crippen molar-refractivity contribution in [1.29, 1.82) is 5.26 Å². The molecule has 0 amide bonds. The lowest BCUT2D eigenvalue weighted by molar-refractivity contribution is -0.115. The van der Waals surface area contributed by atoms with Crippen LogP contribution in [0.15, 0.2) is 35.9 Å². The number of carbonyl (C=O) groups excluding carboxylic acids is 1. The Kier molecular flexibility index (Phi) is 6.57. The topological polar surface area (TPSA) is 75.5 Å². The monoisotopic (exact) mass is 431 g/mol. The van der Waals surface area contributed by atoms with Gasteiger partial charge >= 0.3 is 0 Å². The summed E-state index contributed by atoms with van der Waals surface area (Å²) in [4.78, 5) is 17.6. The number of ether oxygens (including phenoxy) is 2. The van der Waals surface area contributed by atoms with Gasteiger partial charge in [0.25, 0.3) is 0 Å². The Morgan fingerprint density at radius 2 is 2.06 bits per heavy atom. The summed E-state index contributed by atoms with van der Waals surface area (Å²) in [6.07, 6.45) is 3.08. The zero-order valence-electron chi connectivity index (χ0n) is 18.9. The lowest BCUT2D eigenvalue weighted by Gasteiger charge is -2.38. The summed E-state index contributed by atoms with van der Waals surface area (Å²) < 4.78 is 11.6. The fraction of sp³-hybridized carbons (Fsp3) is 0.423. The molecule has 6 heteroatoms.